The highest BCUT2D eigenvalue weighted by Crippen LogP contribution is 2.25. The first-order valence-corrected chi connectivity index (χ1v) is 32.3. The fourth-order valence-corrected chi connectivity index (χ4v) is 12.1. The van der Waals surface area contributed by atoms with Gasteiger partial charge < -0.3 is 25.4 Å². The van der Waals surface area contributed by atoms with Crippen LogP contribution >= 0.6 is 0 Å². The number of nitrogens with one attached hydrogen (secondary N) is 3. The Bertz CT molecular complexity index is 982. The summed E-state index contributed by atoms with van der Waals surface area (Å²) in [5.41, 5.74) is 0. The SMILES string of the molecule is C.C.C.C.C.C=S1(=O)CCC(C)CC1.CC1CCCC1.CC1CCCCC1.CC1CCCCC1.CC1CCCCC1.CC1COC1.C[C@@H]1CCCNC1.C[C@@H]1CCCNC1.C[C@@H]1CCCOC1.C[C@H]1CCNC1. The van der Waals surface area contributed by atoms with Gasteiger partial charge in [0.15, 0.2) is 0 Å². The summed E-state index contributed by atoms with van der Waals surface area (Å²) in [5, 5.41) is 9.94. The van der Waals surface area contributed by atoms with E-state index in [0.29, 0.717) is 0 Å². The van der Waals surface area contributed by atoms with E-state index in [9.17, 15) is 4.21 Å². The molecule has 0 unspecified atom stereocenters. The fraction of sp³-hybridized carbons (Fsp3) is 0.985. The molecule has 0 bridgehead atoms. The zero-order valence-corrected chi connectivity index (χ0v) is 48.7. The van der Waals surface area contributed by atoms with Gasteiger partial charge in [-0.1, -0.05) is 228 Å². The molecule has 4 saturated carbocycles. The molecule has 0 aromatic rings. The molecule has 73 heavy (non-hydrogen) atoms. The molecule has 6 aliphatic heterocycles. The highest BCUT2D eigenvalue weighted by Gasteiger charge is 2.16. The maximum absolute atomic E-state index is 11.2. The molecule has 0 spiro atoms. The summed E-state index contributed by atoms with van der Waals surface area (Å²) in [5.74, 6) is 14.8. The van der Waals surface area contributed by atoms with E-state index in [4.69, 9.17) is 9.47 Å². The van der Waals surface area contributed by atoms with Crippen molar-refractivity contribution >= 4 is 15.4 Å². The van der Waals surface area contributed by atoms with Crippen molar-refractivity contribution in [3.63, 3.8) is 0 Å². The van der Waals surface area contributed by atoms with Crippen LogP contribution in [0.1, 0.15) is 286 Å². The standard InChI is InChI=1S/C7H14OS.3C7H14.2C6H13N.C6H12O.C6H12.C5H11N.C4H8O.5CH4/c1-7-3-5-9(2,8)6-4-7;3*1-7-5-3-2-4-6-7;3*1-6-3-2-4-7-5-6;1-6-4-2-3-5-6;1-5-2-3-6-4-5;1-4-2-5-3-4;;;;;/h7H,2-6H2,1H3;3*7H,2-6H2,1H3;2*6-7H,2-5H2,1H3;6H,2-5H2,1H3;6H,2-5H2,1H3;5-6H,2-4H2,1H3;4H,2-3H2,1H3;5*1H4/t;;;;3*6-;;5-;;;;;;/m....111.0....../s1. The summed E-state index contributed by atoms with van der Waals surface area (Å²) in [7, 11) is -1.62. The predicted molar refractivity (Wildman–Crippen MR) is 340 cm³/mol. The summed E-state index contributed by atoms with van der Waals surface area (Å²) in [6.07, 6.45) is 40.1. The summed E-state index contributed by atoms with van der Waals surface area (Å²) in [6.45, 7) is 34.3. The molecule has 0 aromatic heterocycles. The molecule has 6 saturated heterocycles. The van der Waals surface area contributed by atoms with Crippen LogP contribution < -0.4 is 16.0 Å². The van der Waals surface area contributed by atoms with Gasteiger partial charge in [-0.15, -0.1) is 0 Å². The van der Waals surface area contributed by atoms with Crippen LogP contribution in [0.4, 0.5) is 0 Å². The zero-order chi connectivity index (χ0) is 50.1. The van der Waals surface area contributed by atoms with Crippen molar-refractivity contribution in [2.75, 3.05) is 77.2 Å². The van der Waals surface area contributed by atoms with Crippen molar-refractivity contribution in [3.8, 4) is 0 Å². The first-order valence-electron chi connectivity index (χ1n) is 30.2. The minimum Gasteiger partial charge on any atom is -0.381 e. The molecule has 0 radical (unpaired) electrons. The maximum atomic E-state index is 11.2. The van der Waals surface area contributed by atoms with E-state index in [-0.39, 0.29) is 37.1 Å². The first kappa shape index (κ1) is 81.7. The Labute approximate surface area is 465 Å². The van der Waals surface area contributed by atoms with Crippen LogP contribution in [0.25, 0.3) is 0 Å². The monoisotopic (exact) mass is 1060 g/mol. The van der Waals surface area contributed by atoms with Crippen LogP contribution in [0, 0.1) is 59.2 Å². The van der Waals surface area contributed by atoms with Gasteiger partial charge in [-0.3, -0.25) is 4.21 Å². The van der Waals surface area contributed by atoms with Gasteiger partial charge in [0.2, 0.25) is 0 Å². The lowest BCUT2D eigenvalue weighted by atomic mass is 9.91. The van der Waals surface area contributed by atoms with E-state index in [0.717, 1.165) is 110 Å². The Morgan fingerprint density at radius 1 is 0.315 bits per heavy atom. The third-order valence-electron chi connectivity index (χ3n) is 15.9. The Morgan fingerprint density at radius 2 is 0.603 bits per heavy atom. The molecule has 0 amide bonds. The molecule has 3 N–H and O–H groups in total. The Morgan fingerprint density at radius 3 is 0.740 bits per heavy atom. The van der Waals surface area contributed by atoms with E-state index >= 15 is 0 Å². The smallest absolute Gasteiger partial charge is 0.0513 e. The second-order valence-electron chi connectivity index (χ2n) is 24.6. The minimum absolute atomic E-state index is 0. The fourth-order valence-electron chi connectivity index (χ4n) is 10.2. The predicted octanol–water partition coefficient (Wildman–Crippen LogP) is 19.0. The molecule has 10 aliphatic rings. The average Bonchev–Trinajstić information content (AvgIpc) is 4.03. The van der Waals surface area contributed by atoms with Crippen LogP contribution in [-0.4, -0.2) is 87.3 Å². The second kappa shape index (κ2) is 55.1. The van der Waals surface area contributed by atoms with Gasteiger partial charge in [-0.25, -0.2) is 0 Å². The summed E-state index contributed by atoms with van der Waals surface area (Å²) in [4.78, 5) is 0. The molecule has 10 fully saturated rings. The summed E-state index contributed by atoms with van der Waals surface area (Å²) >= 11 is 0. The van der Waals surface area contributed by atoms with Crippen LogP contribution in [-0.2, 0) is 19.0 Å². The minimum atomic E-state index is -1.62. The number of hydrogen-bond acceptors (Lipinski definition) is 6. The molecule has 6 nitrogen and oxygen atoms in total. The Hall–Kier alpha value is -0.180. The Balaban J connectivity index is -0.000000233. The van der Waals surface area contributed by atoms with Crippen molar-refractivity contribution in [2.45, 2.75) is 286 Å². The lowest BCUT2D eigenvalue weighted by Crippen LogP contribution is -2.27. The van der Waals surface area contributed by atoms with Gasteiger partial charge in [0, 0.05) is 30.6 Å². The molecule has 7 heteroatoms. The van der Waals surface area contributed by atoms with Gasteiger partial charge >= 0.3 is 0 Å². The second-order valence-corrected chi connectivity index (χ2v) is 27.4. The van der Waals surface area contributed by atoms with E-state index in [1.807, 2.05) is 0 Å². The van der Waals surface area contributed by atoms with Crippen molar-refractivity contribution < 1.29 is 13.7 Å². The zero-order valence-electron chi connectivity index (χ0n) is 47.9. The van der Waals surface area contributed by atoms with Crippen LogP contribution in [0.2, 0.25) is 0 Å². The molecule has 4 atom stereocenters. The van der Waals surface area contributed by atoms with Crippen LogP contribution in [0.15, 0.2) is 0 Å². The van der Waals surface area contributed by atoms with E-state index in [1.54, 1.807) is 0 Å². The Kier molecular flexibility index (Phi) is 61.7. The molecule has 10 rings (SSSR count). The quantitative estimate of drug-likeness (QED) is 0.210. The lowest BCUT2D eigenvalue weighted by molar-refractivity contribution is -0.0221. The van der Waals surface area contributed by atoms with Gasteiger partial charge in [0.1, 0.15) is 0 Å². The molecular formula is C66H145N3O3S. The van der Waals surface area contributed by atoms with Crippen molar-refractivity contribution in [3.05, 3.63) is 0 Å². The number of ether oxygens (including phenoxy) is 2. The van der Waals surface area contributed by atoms with Crippen molar-refractivity contribution in [2.24, 2.45) is 59.2 Å². The first-order chi connectivity index (χ1) is 32.6. The normalized spacial score (nSPS) is 29.0. The summed E-state index contributed by atoms with van der Waals surface area (Å²) < 4.78 is 21.3. The molecule has 448 valence electrons. The number of piperidine rings is 2. The molecular weight excluding hydrogens is 915 g/mol. The highest BCUT2D eigenvalue weighted by atomic mass is 32.2. The third kappa shape index (κ3) is 55.0. The molecule has 0 aromatic carbocycles. The third-order valence-corrected chi connectivity index (χ3v) is 17.8. The highest BCUT2D eigenvalue weighted by molar-refractivity contribution is 8.00. The lowest BCUT2D eigenvalue weighted by Gasteiger charge is -2.20. The van der Waals surface area contributed by atoms with Gasteiger partial charge in [-0.2, -0.15) is 0 Å². The molecule has 4 aliphatic carbocycles. The molecule has 6 heterocycles. The van der Waals surface area contributed by atoms with Gasteiger partial charge in [0.25, 0.3) is 0 Å². The van der Waals surface area contributed by atoms with E-state index in [1.165, 1.54) is 206 Å². The summed E-state index contributed by atoms with van der Waals surface area (Å²) in [6, 6.07) is 0. The number of rotatable bonds is 0. The van der Waals surface area contributed by atoms with Crippen molar-refractivity contribution in [1.82, 2.24) is 16.0 Å². The van der Waals surface area contributed by atoms with Crippen LogP contribution in [0.5, 0.6) is 0 Å². The number of hydrogen-bond donors (Lipinski definition) is 3. The van der Waals surface area contributed by atoms with Crippen LogP contribution in [0.3, 0.4) is 0 Å². The van der Waals surface area contributed by atoms with E-state index in [2.05, 4.69) is 91.1 Å². The maximum Gasteiger partial charge on any atom is 0.0513 e. The van der Waals surface area contributed by atoms with E-state index < -0.39 is 9.52 Å². The topological polar surface area (TPSA) is 71.6 Å². The largest absolute Gasteiger partial charge is 0.381 e. The van der Waals surface area contributed by atoms with Gasteiger partial charge in [-0.05, 0) is 166 Å². The van der Waals surface area contributed by atoms with Crippen molar-refractivity contribution in [1.29, 1.82) is 0 Å². The van der Waals surface area contributed by atoms with Gasteiger partial charge in [0.05, 0.1) is 13.2 Å². The average molecular weight is 1060 g/mol.